The molecule has 4 N–H and O–H groups in total. The number of amides is 1. The number of likely N-dealkylation sites (tertiary alicyclic amines) is 1. The normalized spacial score (nSPS) is 18.2. The highest BCUT2D eigenvalue weighted by Crippen LogP contribution is 2.49. The zero-order valence-electron chi connectivity index (χ0n) is 25.2. The molecule has 1 saturated heterocycles. The van der Waals surface area contributed by atoms with E-state index in [1.165, 1.54) is 17.0 Å². The van der Waals surface area contributed by atoms with Crippen molar-refractivity contribution >= 4 is 40.9 Å². The fourth-order valence-electron chi connectivity index (χ4n) is 6.41. The SMILES string of the molecule is CC1c2c(cnn2C2CN(C(O)(O)c3cccc(C=O)n3)C2)-c2cccc(Nc3cc(NC(=O)C4CC4)nc4ccnn34)c2N1C. The van der Waals surface area contributed by atoms with Gasteiger partial charge < -0.3 is 25.7 Å². The Bertz CT molecular complexity index is 2010. The van der Waals surface area contributed by atoms with Gasteiger partial charge in [-0.3, -0.25) is 14.3 Å². The van der Waals surface area contributed by atoms with Crippen molar-refractivity contribution < 1.29 is 19.8 Å². The first-order chi connectivity index (χ1) is 22.2. The van der Waals surface area contributed by atoms with Crippen molar-refractivity contribution in [2.24, 2.45) is 5.92 Å². The van der Waals surface area contributed by atoms with E-state index in [-0.39, 0.29) is 35.3 Å². The minimum absolute atomic E-state index is 0.000831. The van der Waals surface area contributed by atoms with Gasteiger partial charge in [-0.15, -0.1) is 0 Å². The number of fused-ring (bicyclic) bond motifs is 4. The number of aldehydes is 1. The lowest BCUT2D eigenvalue weighted by atomic mass is 9.93. The van der Waals surface area contributed by atoms with Gasteiger partial charge in [0.05, 0.1) is 41.5 Å². The number of nitrogens with zero attached hydrogens (tertiary/aromatic N) is 8. The van der Waals surface area contributed by atoms with Crippen molar-refractivity contribution in [1.82, 2.24) is 34.3 Å². The van der Waals surface area contributed by atoms with Gasteiger partial charge in [-0.25, -0.2) is 14.9 Å². The maximum absolute atomic E-state index is 12.5. The van der Waals surface area contributed by atoms with Crippen LogP contribution >= 0.6 is 0 Å². The van der Waals surface area contributed by atoms with E-state index in [0.29, 0.717) is 36.7 Å². The second kappa shape index (κ2) is 10.4. The molecule has 1 aliphatic carbocycles. The van der Waals surface area contributed by atoms with Gasteiger partial charge in [0.1, 0.15) is 23.0 Å². The third-order valence-corrected chi connectivity index (χ3v) is 9.20. The molecule has 1 saturated carbocycles. The molecule has 2 fully saturated rings. The average molecular weight is 621 g/mol. The van der Waals surface area contributed by atoms with Crippen molar-refractivity contribution in [3.8, 4) is 11.1 Å². The van der Waals surface area contributed by atoms with E-state index in [0.717, 1.165) is 41.0 Å². The van der Waals surface area contributed by atoms with Crippen molar-refractivity contribution in [2.75, 3.05) is 35.7 Å². The topological polar surface area (TPSA) is 166 Å². The number of nitrogens with one attached hydrogen (secondary N) is 2. The number of rotatable bonds is 8. The van der Waals surface area contributed by atoms with Crippen LogP contribution in [-0.2, 0) is 10.7 Å². The molecule has 1 atom stereocenters. The van der Waals surface area contributed by atoms with Crippen molar-refractivity contribution in [1.29, 1.82) is 0 Å². The molecule has 8 rings (SSSR count). The molecule has 1 aromatic carbocycles. The van der Waals surface area contributed by atoms with Crippen molar-refractivity contribution in [3.63, 3.8) is 0 Å². The molecule has 1 amide bonds. The number of anilines is 4. The molecule has 0 spiro atoms. The van der Waals surface area contributed by atoms with Crippen LogP contribution in [0, 0.1) is 5.92 Å². The lowest BCUT2D eigenvalue weighted by Gasteiger charge is -2.47. The van der Waals surface area contributed by atoms with E-state index < -0.39 is 5.91 Å². The van der Waals surface area contributed by atoms with E-state index in [1.54, 1.807) is 28.9 Å². The number of hydrogen-bond donors (Lipinski definition) is 4. The molecule has 1 unspecified atom stereocenters. The predicted octanol–water partition coefficient (Wildman–Crippen LogP) is 3.06. The molecule has 4 aromatic heterocycles. The molecule has 0 bridgehead atoms. The van der Waals surface area contributed by atoms with Crippen LogP contribution in [0.3, 0.4) is 0 Å². The number of para-hydroxylation sites is 1. The first-order valence-electron chi connectivity index (χ1n) is 15.2. The monoisotopic (exact) mass is 620 g/mol. The Morgan fingerprint density at radius 3 is 2.63 bits per heavy atom. The van der Waals surface area contributed by atoms with Gasteiger partial charge in [0.15, 0.2) is 11.9 Å². The van der Waals surface area contributed by atoms with Gasteiger partial charge in [-0.05, 0) is 38.0 Å². The van der Waals surface area contributed by atoms with Gasteiger partial charge in [-0.2, -0.15) is 14.7 Å². The molecule has 2 aliphatic heterocycles. The Morgan fingerprint density at radius 2 is 1.85 bits per heavy atom. The van der Waals surface area contributed by atoms with Crippen molar-refractivity contribution in [3.05, 3.63) is 78.0 Å². The summed E-state index contributed by atoms with van der Waals surface area (Å²) in [6, 6.07) is 14.1. The predicted molar refractivity (Wildman–Crippen MR) is 168 cm³/mol. The molecule has 6 heterocycles. The standard InChI is InChI=1S/C32H32N10O4/c1-18-29-23(14-34-41(29)21-15-40(16-21)32(45,46)25-8-3-5-20(17-43)35-25)22-6-4-7-24(30(22)39(18)2)36-28-13-26(38-31(44)19-9-10-19)37-27-11-12-33-42(27)28/h3-8,11-14,17-19,21,36,45-46H,9-10,15-16H2,1-2H3,(H,37,38,44). The Labute approximate surface area is 263 Å². The number of aliphatic hydroxyl groups is 2. The third kappa shape index (κ3) is 4.52. The van der Waals surface area contributed by atoms with E-state index in [4.69, 9.17) is 5.10 Å². The summed E-state index contributed by atoms with van der Waals surface area (Å²) in [7, 11) is 2.04. The minimum atomic E-state index is -2.31. The molecule has 14 heteroatoms. The summed E-state index contributed by atoms with van der Waals surface area (Å²) in [5, 5.41) is 37.6. The van der Waals surface area contributed by atoms with E-state index >= 15 is 0 Å². The number of carbonyl (C=O) groups is 2. The number of carbonyl (C=O) groups excluding carboxylic acids is 2. The summed E-state index contributed by atoms with van der Waals surface area (Å²) in [4.78, 5) is 36.0. The highest BCUT2D eigenvalue weighted by atomic mass is 16.5. The summed E-state index contributed by atoms with van der Waals surface area (Å²) >= 11 is 0. The Kier molecular flexibility index (Phi) is 6.42. The maximum Gasteiger partial charge on any atom is 0.271 e. The summed E-state index contributed by atoms with van der Waals surface area (Å²) in [6.07, 6.45) is 5.93. The second-order valence-corrected chi connectivity index (χ2v) is 12.2. The fourth-order valence-corrected chi connectivity index (χ4v) is 6.41. The maximum atomic E-state index is 12.5. The highest BCUT2D eigenvalue weighted by Gasteiger charge is 2.46. The highest BCUT2D eigenvalue weighted by molar-refractivity contribution is 5.95. The zero-order valence-corrected chi connectivity index (χ0v) is 25.2. The Morgan fingerprint density at radius 1 is 1.04 bits per heavy atom. The second-order valence-electron chi connectivity index (χ2n) is 12.2. The van der Waals surface area contributed by atoms with Gasteiger partial charge >= 0.3 is 0 Å². The van der Waals surface area contributed by atoms with Crippen LogP contribution in [0.2, 0.25) is 0 Å². The first-order valence-corrected chi connectivity index (χ1v) is 15.2. The van der Waals surface area contributed by atoms with Crippen LogP contribution in [0.4, 0.5) is 23.0 Å². The van der Waals surface area contributed by atoms with Crippen LogP contribution < -0.4 is 15.5 Å². The van der Waals surface area contributed by atoms with Crippen LogP contribution in [-0.4, -0.2) is 76.8 Å². The van der Waals surface area contributed by atoms with E-state index in [2.05, 4.69) is 43.6 Å². The van der Waals surface area contributed by atoms with Crippen LogP contribution in [0.1, 0.15) is 53.7 Å². The van der Waals surface area contributed by atoms with Crippen molar-refractivity contribution in [2.45, 2.75) is 37.8 Å². The van der Waals surface area contributed by atoms with Crippen LogP contribution in [0.15, 0.2) is 60.9 Å². The lowest BCUT2D eigenvalue weighted by Crippen LogP contribution is -2.59. The van der Waals surface area contributed by atoms with Crippen LogP contribution in [0.25, 0.3) is 16.8 Å². The molecule has 46 heavy (non-hydrogen) atoms. The fraction of sp³-hybridized carbons (Fsp3) is 0.312. The quantitative estimate of drug-likeness (QED) is 0.149. The molecule has 234 valence electrons. The third-order valence-electron chi connectivity index (χ3n) is 9.20. The largest absolute Gasteiger partial charge is 0.364 e. The average Bonchev–Trinajstić information content (AvgIpc) is 3.62. The lowest BCUT2D eigenvalue weighted by molar-refractivity contribution is -0.302. The van der Waals surface area contributed by atoms with E-state index in [1.807, 2.05) is 30.1 Å². The summed E-state index contributed by atoms with van der Waals surface area (Å²) in [6.45, 7) is 2.79. The number of aromatic nitrogens is 6. The number of benzene rings is 1. The summed E-state index contributed by atoms with van der Waals surface area (Å²) in [5.41, 5.74) is 5.63. The van der Waals surface area contributed by atoms with Gasteiger partial charge in [0.25, 0.3) is 5.91 Å². The molecule has 14 nitrogen and oxygen atoms in total. The molecule has 3 aliphatic rings. The molecular formula is C32H32N10O4. The van der Waals surface area contributed by atoms with Gasteiger partial charge in [0, 0.05) is 49.3 Å². The minimum Gasteiger partial charge on any atom is -0.364 e. The van der Waals surface area contributed by atoms with Gasteiger partial charge in [0.2, 0.25) is 5.91 Å². The smallest absolute Gasteiger partial charge is 0.271 e. The molecular weight excluding hydrogens is 588 g/mol. The molecule has 5 aromatic rings. The Hall–Kier alpha value is -5.18. The van der Waals surface area contributed by atoms with Gasteiger partial charge in [-0.1, -0.05) is 18.2 Å². The Balaban J connectivity index is 1.08. The number of pyridine rings is 1. The first kappa shape index (κ1) is 28.3. The summed E-state index contributed by atoms with van der Waals surface area (Å²) < 4.78 is 3.68. The number of hydrogen-bond acceptors (Lipinski definition) is 11. The van der Waals surface area contributed by atoms with E-state index in [9.17, 15) is 19.8 Å². The summed E-state index contributed by atoms with van der Waals surface area (Å²) in [5.74, 6) is -1.14. The van der Waals surface area contributed by atoms with Crippen LogP contribution in [0.5, 0.6) is 0 Å². The zero-order chi connectivity index (χ0) is 31.7. The molecule has 0 radical (unpaired) electrons.